The molecule has 0 fully saturated rings. The lowest BCUT2D eigenvalue weighted by atomic mass is 10.1. The highest BCUT2D eigenvalue weighted by Crippen LogP contribution is 2.18. The molecular formula is C11H14BrNO3. The highest BCUT2D eigenvalue weighted by Gasteiger charge is 2.06. The summed E-state index contributed by atoms with van der Waals surface area (Å²) < 4.78 is 0.755. The van der Waals surface area contributed by atoms with E-state index in [-0.39, 0.29) is 5.56 Å². The molecular weight excluding hydrogens is 274 g/mol. The number of aliphatic hydroxyl groups excluding tert-OH is 1. The normalized spacial score (nSPS) is 12.4. The van der Waals surface area contributed by atoms with Crippen molar-refractivity contribution in [2.24, 2.45) is 0 Å². The van der Waals surface area contributed by atoms with Gasteiger partial charge in [-0.1, -0.05) is 22.0 Å². The smallest absolute Gasteiger partial charge is 0.335 e. The maximum atomic E-state index is 10.7. The first-order valence-corrected chi connectivity index (χ1v) is 5.70. The van der Waals surface area contributed by atoms with E-state index in [4.69, 9.17) is 10.2 Å². The van der Waals surface area contributed by atoms with Gasteiger partial charge in [0.25, 0.3) is 0 Å². The number of hydrogen-bond donors (Lipinski definition) is 3. The summed E-state index contributed by atoms with van der Waals surface area (Å²) in [5, 5.41) is 20.9. The molecule has 0 aliphatic rings. The van der Waals surface area contributed by atoms with Crippen LogP contribution in [0.15, 0.2) is 22.7 Å². The first-order chi connectivity index (χ1) is 7.50. The van der Waals surface area contributed by atoms with Crippen molar-refractivity contribution in [3.8, 4) is 0 Å². The molecule has 1 aromatic carbocycles. The highest BCUT2D eigenvalue weighted by atomic mass is 79.9. The second kappa shape index (κ2) is 5.98. The van der Waals surface area contributed by atoms with E-state index in [2.05, 4.69) is 21.2 Å². The van der Waals surface area contributed by atoms with Crippen LogP contribution in [0.2, 0.25) is 0 Å². The number of carbonyl (C=O) groups is 1. The molecule has 1 atom stereocenters. The minimum atomic E-state index is -0.941. The van der Waals surface area contributed by atoms with Crippen LogP contribution in [0.4, 0.5) is 0 Å². The third-order valence-electron chi connectivity index (χ3n) is 2.06. The molecule has 3 N–H and O–H groups in total. The first-order valence-electron chi connectivity index (χ1n) is 4.91. The van der Waals surface area contributed by atoms with Gasteiger partial charge in [0.15, 0.2) is 0 Å². The van der Waals surface area contributed by atoms with Crippen LogP contribution in [0.3, 0.4) is 0 Å². The van der Waals surface area contributed by atoms with Crippen LogP contribution in [0.1, 0.15) is 22.8 Å². The summed E-state index contributed by atoms with van der Waals surface area (Å²) in [5.74, 6) is -0.941. The summed E-state index contributed by atoms with van der Waals surface area (Å²) in [6.07, 6.45) is -0.392. The number of rotatable bonds is 5. The molecule has 1 aromatic rings. The van der Waals surface area contributed by atoms with E-state index in [1.165, 1.54) is 0 Å². The molecule has 0 aliphatic carbocycles. The number of aliphatic hydroxyl groups is 1. The molecule has 0 unspecified atom stereocenters. The monoisotopic (exact) mass is 287 g/mol. The Balaban J connectivity index is 2.64. The number of carboxylic acid groups (broad SMARTS) is 1. The summed E-state index contributed by atoms with van der Waals surface area (Å²) in [6, 6.07) is 4.89. The molecule has 0 bridgehead atoms. The van der Waals surface area contributed by atoms with Crippen LogP contribution in [-0.2, 0) is 6.54 Å². The van der Waals surface area contributed by atoms with Gasteiger partial charge in [0, 0.05) is 17.6 Å². The van der Waals surface area contributed by atoms with Gasteiger partial charge in [-0.2, -0.15) is 0 Å². The van der Waals surface area contributed by atoms with E-state index in [0.717, 1.165) is 10.0 Å². The predicted molar refractivity (Wildman–Crippen MR) is 64.5 cm³/mol. The van der Waals surface area contributed by atoms with E-state index < -0.39 is 12.1 Å². The van der Waals surface area contributed by atoms with Gasteiger partial charge >= 0.3 is 5.97 Å². The van der Waals surface area contributed by atoms with E-state index >= 15 is 0 Å². The topological polar surface area (TPSA) is 69.6 Å². The molecule has 5 heteroatoms. The zero-order chi connectivity index (χ0) is 12.1. The second-order valence-corrected chi connectivity index (χ2v) is 4.45. The first kappa shape index (κ1) is 13.2. The fourth-order valence-corrected chi connectivity index (χ4v) is 1.76. The van der Waals surface area contributed by atoms with Crippen LogP contribution < -0.4 is 5.32 Å². The van der Waals surface area contributed by atoms with Crippen molar-refractivity contribution in [3.05, 3.63) is 33.8 Å². The molecule has 0 saturated heterocycles. The SMILES string of the molecule is C[C@@H](O)CNCc1ccc(C(=O)O)cc1Br. The maximum absolute atomic E-state index is 10.7. The quantitative estimate of drug-likeness (QED) is 0.770. The highest BCUT2D eigenvalue weighted by molar-refractivity contribution is 9.10. The van der Waals surface area contributed by atoms with Gasteiger partial charge in [-0.3, -0.25) is 0 Å². The lowest BCUT2D eigenvalue weighted by Gasteiger charge is -2.09. The van der Waals surface area contributed by atoms with Crippen molar-refractivity contribution in [2.45, 2.75) is 19.6 Å². The fraction of sp³-hybridized carbons (Fsp3) is 0.364. The fourth-order valence-electron chi connectivity index (χ4n) is 1.24. The van der Waals surface area contributed by atoms with Crippen molar-refractivity contribution in [3.63, 3.8) is 0 Å². The minimum absolute atomic E-state index is 0.256. The van der Waals surface area contributed by atoms with Crippen molar-refractivity contribution >= 4 is 21.9 Å². The van der Waals surface area contributed by atoms with Crippen LogP contribution in [0, 0.1) is 0 Å². The number of nitrogens with one attached hydrogen (secondary N) is 1. The van der Waals surface area contributed by atoms with Gasteiger partial charge in [-0.15, -0.1) is 0 Å². The Labute approximate surface area is 102 Å². The Hall–Kier alpha value is -0.910. The zero-order valence-corrected chi connectivity index (χ0v) is 10.5. The minimum Gasteiger partial charge on any atom is -0.478 e. The Morgan fingerprint density at radius 3 is 2.75 bits per heavy atom. The maximum Gasteiger partial charge on any atom is 0.335 e. The number of aromatic carboxylic acids is 1. The van der Waals surface area contributed by atoms with Gasteiger partial charge in [0.2, 0.25) is 0 Å². The van der Waals surface area contributed by atoms with E-state index in [1.54, 1.807) is 25.1 Å². The molecule has 4 nitrogen and oxygen atoms in total. The average Bonchev–Trinajstić information content (AvgIpc) is 2.19. The van der Waals surface area contributed by atoms with Crippen molar-refractivity contribution < 1.29 is 15.0 Å². The number of carboxylic acids is 1. The van der Waals surface area contributed by atoms with Gasteiger partial charge in [0.05, 0.1) is 11.7 Å². The molecule has 16 heavy (non-hydrogen) atoms. The number of hydrogen-bond acceptors (Lipinski definition) is 3. The van der Waals surface area contributed by atoms with Gasteiger partial charge < -0.3 is 15.5 Å². The third kappa shape index (κ3) is 3.92. The molecule has 0 radical (unpaired) electrons. The lowest BCUT2D eigenvalue weighted by molar-refractivity contribution is 0.0697. The lowest BCUT2D eigenvalue weighted by Crippen LogP contribution is -2.24. The molecule has 88 valence electrons. The third-order valence-corrected chi connectivity index (χ3v) is 2.79. The predicted octanol–water partition coefficient (Wildman–Crippen LogP) is 1.62. The number of halogens is 1. The molecule has 0 amide bonds. The molecule has 0 aromatic heterocycles. The molecule has 0 aliphatic heterocycles. The van der Waals surface area contributed by atoms with Crippen LogP contribution >= 0.6 is 15.9 Å². The Morgan fingerprint density at radius 2 is 2.25 bits per heavy atom. The van der Waals surface area contributed by atoms with Crippen molar-refractivity contribution in [2.75, 3.05) is 6.54 Å². The standard InChI is InChI=1S/C11H14BrNO3/c1-7(14)5-13-6-9-3-2-8(11(15)16)4-10(9)12/h2-4,7,13-14H,5-6H2,1H3,(H,15,16)/t7-/m1/s1. The second-order valence-electron chi connectivity index (χ2n) is 3.59. The van der Waals surface area contributed by atoms with Crippen molar-refractivity contribution in [1.82, 2.24) is 5.32 Å². The molecule has 0 saturated carbocycles. The zero-order valence-electron chi connectivity index (χ0n) is 8.90. The van der Waals surface area contributed by atoms with E-state index in [0.29, 0.717) is 13.1 Å². The molecule has 1 rings (SSSR count). The Kier molecular flexibility index (Phi) is 4.92. The largest absolute Gasteiger partial charge is 0.478 e. The summed E-state index contributed by atoms with van der Waals surface area (Å²) >= 11 is 3.32. The van der Waals surface area contributed by atoms with Gasteiger partial charge in [0.1, 0.15) is 0 Å². The Morgan fingerprint density at radius 1 is 1.56 bits per heavy atom. The van der Waals surface area contributed by atoms with Crippen molar-refractivity contribution in [1.29, 1.82) is 0 Å². The van der Waals surface area contributed by atoms with E-state index in [9.17, 15) is 4.79 Å². The number of benzene rings is 1. The van der Waals surface area contributed by atoms with Crippen LogP contribution in [-0.4, -0.2) is 28.8 Å². The summed E-state index contributed by atoms with van der Waals surface area (Å²) in [5.41, 5.74) is 1.22. The molecule has 0 spiro atoms. The van der Waals surface area contributed by atoms with E-state index in [1.807, 2.05) is 0 Å². The van der Waals surface area contributed by atoms with Gasteiger partial charge in [-0.25, -0.2) is 4.79 Å². The summed E-state index contributed by atoms with van der Waals surface area (Å²) in [6.45, 7) is 2.80. The molecule has 0 heterocycles. The summed E-state index contributed by atoms with van der Waals surface area (Å²) in [4.78, 5) is 10.7. The summed E-state index contributed by atoms with van der Waals surface area (Å²) in [7, 11) is 0. The van der Waals surface area contributed by atoms with Crippen LogP contribution in [0.5, 0.6) is 0 Å². The van der Waals surface area contributed by atoms with Gasteiger partial charge in [-0.05, 0) is 24.6 Å². The average molecular weight is 288 g/mol. The Bertz CT molecular complexity index is 379. The van der Waals surface area contributed by atoms with Crippen LogP contribution in [0.25, 0.3) is 0 Å².